The van der Waals surface area contributed by atoms with Gasteiger partial charge in [-0.2, -0.15) is 4.31 Å². The first-order valence-corrected chi connectivity index (χ1v) is 7.72. The van der Waals surface area contributed by atoms with Crippen molar-refractivity contribution in [1.82, 2.24) is 4.31 Å². The number of carboxylic acids is 1. The third kappa shape index (κ3) is 2.89. The molecule has 0 amide bonds. The molecule has 0 atom stereocenters. The van der Waals surface area contributed by atoms with Crippen LogP contribution in [0.3, 0.4) is 0 Å². The second-order valence-corrected chi connectivity index (χ2v) is 6.93. The average Bonchev–Trinajstić information content (AvgIpc) is 2.32. The summed E-state index contributed by atoms with van der Waals surface area (Å²) in [5.74, 6) is -0.645. The first-order valence-electron chi connectivity index (χ1n) is 5.90. The Morgan fingerprint density at radius 2 is 2.15 bits per heavy atom. The highest BCUT2D eigenvalue weighted by Gasteiger charge is 2.37. The third-order valence-corrected chi connectivity index (χ3v) is 5.27. The molecule has 1 aromatic carbocycles. The van der Waals surface area contributed by atoms with Crippen LogP contribution in [-0.2, 0) is 14.8 Å². The van der Waals surface area contributed by atoms with Crippen molar-refractivity contribution in [2.24, 2.45) is 5.92 Å². The summed E-state index contributed by atoms with van der Waals surface area (Å²) in [6.45, 7) is 0.441. The van der Waals surface area contributed by atoms with Gasteiger partial charge in [-0.3, -0.25) is 4.79 Å². The number of methoxy groups -OCH3 is 1. The van der Waals surface area contributed by atoms with E-state index < -0.39 is 16.0 Å². The van der Waals surface area contributed by atoms with E-state index in [2.05, 4.69) is 0 Å². The van der Waals surface area contributed by atoms with Crippen molar-refractivity contribution in [1.29, 1.82) is 0 Å². The predicted octanol–water partition coefficient (Wildman–Crippen LogP) is 1.44. The lowest BCUT2D eigenvalue weighted by molar-refractivity contribution is -0.139. The minimum atomic E-state index is -3.62. The Bertz CT molecular complexity index is 625. The number of aliphatic carboxylic acids is 1. The molecule has 0 saturated carbocycles. The van der Waals surface area contributed by atoms with E-state index in [9.17, 15) is 13.2 Å². The normalized spacial score (nSPS) is 16.7. The molecule has 1 N–H and O–H groups in total. The maximum Gasteiger partial charge on any atom is 0.303 e. The second-order valence-electron chi connectivity index (χ2n) is 4.58. The zero-order chi connectivity index (χ0) is 14.9. The van der Waals surface area contributed by atoms with Crippen LogP contribution in [-0.4, -0.2) is 44.0 Å². The highest BCUT2D eigenvalue weighted by Crippen LogP contribution is 2.31. The van der Waals surface area contributed by atoms with Gasteiger partial charge in [-0.25, -0.2) is 8.42 Å². The lowest BCUT2D eigenvalue weighted by Crippen LogP contribution is -2.50. The van der Waals surface area contributed by atoms with E-state index in [0.717, 1.165) is 0 Å². The van der Waals surface area contributed by atoms with Gasteiger partial charge in [0.25, 0.3) is 0 Å². The molecule has 0 spiro atoms. The first kappa shape index (κ1) is 15.1. The minimum absolute atomic E-state index is 0.0185. The lowest BCUT2D eigenvalue weighted by atomic mass is 10.00. The number of rotatable bonds is 5. The standard InChI is InChI=1S/C12H14ClNO5S/c1-19-11-3-2-9(5-10(11)13)20(17,18)14-6-8(7-14)4-12(15)16/h2-3,5,8H,4,6-7H2,1H3,(H,15,16). The summed E-state index contributed by atoms with van der Waals surface area (Å²) >= 11 is 5.91. The largest absolute Gasteiger partial charge is 0.495 e. The van der Waals surface area contributed by atoms with Gasteiger partial charge in [0.2, 0.25) is 10.0 Å². The van der Waals surface area contributed by atoms with E-state index in [1.54, 1.807) is 0 Å². The molecule has 1 aliphatic rings. The Hall–Kier alpha value is -1.31. The Kier molecular flexibility index (Phi) is 4.22. The number of hydrogen-bond donors (Lipinski definition) is 1. The molecule has 2 rings (SSSR count). The highest BCUT2D eigenvalue weighted by molar-refractivity contribution is 7.89. The molecule has 1 heterocycles. The van der Waals surface area contributed by atoms with Crippen LogP contribution in [0.1, 0.15) is 6.42 Å². The Morgan fingerprint density at radius 1 is 1.50 bits per heavy atom. The fraction of sp³-hybridized carbons (Fsp3) is 0.417. The van der Waals surface area contributed by atoms with Crippen molar-refractivity contribution >= 4 is 27.6 Å². The van der Waals surface area contributed by atoms with Crippen molar-refractivity contribution in [2.45, 2.75) is 11.3 Å². The topological polar surface area (TPSA) is 83.9 Å². The average molecular weight is 320 g/mol. The minimum Gasteiger partial charge on any atom is -0.495 e. The zero-order valence-corrected chi connectivity index (χ0v) is 12.3. The van der Waals surface area contributed by atoms with Crippen molar-refractivity contribution < 1.29 is 23.1 Å². The fourth-order valence-corrected chi connectivity index (χ4v) is 3.99. The van der Waals surface area contributed by atoms with Crippen LogP contribution in [0.15, 0.2) is 23.1 Å². The first-order chi connectivity index (χ1) is 9.34. The molecule has 1 aromatic rings. The number of nitrogens with zero attached hydrogens (tertiary/aromatic N) is 1. The number of carbonyl (C=O) groups is 1. The summed E-state index contributed by atoms with van der Waals surface area (Å²) in [6.07, 6.45) is -0.0185. The molecule has 110 valence electrons. The van der Waals surface area contributed by atoms with Gasteiger partial charge in [0.15, 0.2) is 0 Å². The maximum atomic E-state index is 12.3. The number of ether oxygens (including phenoxy) is 1. The van der Waals surface area contributed by atoms with Crippen LogP contribution < -0.4 is 4.74 Å². The third-order valence-electron chi connectivity index (χ3n) is 3.15. The molecular formula is C12H14ClNO5S. The molecule has 0 aliphatic carbocycles. The van der Waals surface area contributed by atoms with Crippen LogP contribution >= 0.6 is 11.6 Å². The predicted molar refractivity (Wildman–Crippen MR) is 72.5 cm³/mol. The summed E-state index contributed by atoms with van der Waals surface area (Å²) in [5, 5.41) is 8.87. The van der Waals surface area contributed by atoms with Gasteiger partial charge in [0.1, 0.15) is 5.75 Å². The summed E-state index contributed by atoms with van der Waals surface area (Å²) in [4.78, 5) is 10.6. The molecule has 8 heteroatoms. The van der Waals surface area contributed by atoms with E-state index in [-0.39, 0.29) is 35.3 Å². The molecule has 0 unspecified atom stereocenters. The molecule has 0 bridgehead atoms. The van der Waals surface area contributed by atoms with E-state index in [1.165, 1.54) is 29.6 Å². The molecule has 1 saturated heterocycles. The number of sulfonamides is 1. The van der Waals surface area contributed by atoms with Gasteiger partial charge in [-0.05, 0) is 24.1 Å². The lowest BCUT2D eigenvalue weighted by Gasteiger charge is -2.37. The molecular weight excluding hydrogens is 306 g/mol. The summed E-state index contributed by atoms with van der Waals surface area (Å²) in [7, 11) is -2.17. The van der Waals surface area contributed by atoms with Gasteiger partial charge in [0.05, 0.1) is 23.4 Å². The van der Waals surface area contributed by atoms with Gasteiger partial charge in [-0.15, -0.1) is 0 Å². The van der Waals surface area contributed by atoms with Gasteiger partial charge >= 0.3 is 5.97 Å². The SMILES string of the molecule is COc1ccc(S(=O)(=O)N2CC(CC(=O)O)C2)cc1Cl. The van der Waals surface area contributed by atoms with Crippen LogP contribution in [0.2, 0.25) is 5.02 Å². The van der Waals surface area contributed by atoms with Crippen LogP contribution in [0.5, 0.6) is 5.75 Å². The van der Waals surface area contributed by atoms with Crippen molar-refractivity contribution in [3.05, 3.63) is 23.2 Å². The van der Waals surface area contributed by atoms with Crippen LogP contribution in [0, 0.1) is 5.92 Å². The number of halogens is 1. The Morgan fingerprint density at radius 3 is 2.65 bits per heavy atom. The van der Waals surface area contributed by atoms with Gasteiger partial charge in [0, 0.05) is 13.1 Å². The molecule has 1 fully saturated rings. The van der Waals surface area contributed by atoms with E-state index in [0.29, 0.717) is 5.75 Å². The van der Waals surface area contributed by atoms with Crippen molar-refractivity contribution in [3.8, 4) is 5.75 Å². The Balaban J connectivity index is 2.12. The van der Waals surface area contributed by atoms with Crippen LogP contribution in [0.25, 0.3) is 0 Å². The van der Waals surface area contributed by atoms with Gasteiger partial charge in [-0.1, -0.05) is 11.6 Å². The molecule has 6 nitrogen and oxygen atoms in total. The Labute approximate surface area is 122 Å². The quantitative estimate of drug-likeness (QED) is 0.888. The van der Waals surface area contributed by atoms with Gasteiger partial charge < -0.3 is 9.84 Å². The number of hydrogen-bond acceptors (Lipinski definition) is 4. The smallest absolute Gasteiger partial charge is 0.303 e. The van der Waals surface area contributed by atoms with Crippen molar-refractivity contribution in [2.75, 3.05) is 20.2 Å². The van der Waals surface area contributed by atoms with E-state index in [4.69, 9.17) is 21.4 Å². The molecule has 0 radical (unpaired) electrons. The highest BCUT2D eigenvalue weighted by atomic mass is 35.5. The number of carboxylic acid groups (broad SMARTS) is 1. The molecule has 0 aromatic heterocycles. The maximum absolute atomic E-state index is 12.3. The number of benzene rings is 1. The fourth-order valence-electron chi connectivity index (χ4n) is 2.05. The molecule has 1 aliphatic heterocycles. The second kappa shape index (κ2) is 5.59. The summed E-state index contributed by atoms with van der Waals surface area (Å²) < 4.78 is 30.8. The van der Waals surface area contributed by atoms with E-state index >= 15 is 0 Å². The molecule has 20 heavy (non-hydrogen) atoms. The van der Waals surface area contributed by atoms with Crippen LogP contribution in [0.4, 0.5) is 0 Å². The monoisotopic (exact) mass is 319 g/mol. The zero-order valence-electron chi connectivity index (χ0n) is 10.7. The summed E-state index contributed by atoms with van der Waals surface area (Å²) in [5.41, 5.74) is 0. The van der Waals surface area contributed by atoms with Crippen molar-refractivity contribution in [3.63, 3.8) is 0 Å². The van der Waals surface area contributed by atoms with E-state index in [1.807, 2.05) is 0 Å². The summed E-state index contributed by atoms with van der Waals surface area (Å²) in [6, 6.07) is 4.24.